The van der Waals surface area contributed by atoms with Crippen molar-refractivity contribution >= 4 is 23.1 Å². The third-order valence-corrected chi connectivity index (χ3v) is 2.42. The molecule has 1 aromatic rings. The standard InChI is InChI=1S/C8H8F2N2O2S/c1-2-3-4(13)7-5(11-12-15-7)6(14)8(9)10/h8H,2-3H2,1H3. The molecule has 0 fully saturated rings. The molecule has 0 aromatic carbocycles. The van der Waals surface area contributed by atoms with Crippen molar-refractivity contribution in [2.45, 2.75) is 26.2 Å². The van der Waals surface area contributed by atoms with E-state index in [0.29, 0.717) is 18.0 Å². The first kappa shape index (κ1) is 11.8. The molecule has 0 aliphatic rings. The van der Waals surface area contributed by atoms with Crippen LogP contribution in [0.15, 0.2) is 0 Å². The Morgan fingerprint density at radius 2 is 2.13 bits per heavy atom. The lowest BCUT2D eigenvalue weighted by molar-refractivity contribution is 0.0670. The minimum Gasteiger partial charge on any atom is -0.293 e. The largest absolute Gasteiger partial charge is 0.302 e. The summed E-state index contributed by atoms with van der Waals surface area (Å²) in [5.74, 6) is -1.81. The lowest BCUT2D eigenvalue weighted by Crippen LogP contribution is -2.14. The molecule has 15 heavy (non-hydrogen) atoms. The fourth-order valence-electron chi connectivity index (χ4n) is 0.979. The third kappa shape index (κ3) is 2.62. The van der Waals surface area contributed by atoms with Crippen molar-refractivity contribution in [2.24, 2.45) is 0 Å². The number of alkyl halides is 2. The molecule has 0 unspecified atom stereocenters. The number of rotatable bonds is 5. The summed E-state index contributed by atoms with van der Waals surface area (Å²) < 4.78 is 27.5. The first-order valence-electron chi connectivity index (χ1n) is 4.25. The zero-order valence-electron chi connectivity index (χ0n) is 7.87. The van der Waals surface area contributed by atoms with Crippen molar-refractivity contribution in [2.75, 3.05) is 0 Å². The van der Waals surface area contributed by atoms with Crippen LogP contribution in [0.25, 0.3) is 0 Å². The summed E-state index contributed by atoms with van der Waals surface area (Å²) in [5, 5.41) is 3.26. The summed E-state index contributed by atoms with van der Waals surface area (Å²) in [6.45, 7) is 1.78. The monoisotopic (exact) mass is 234 g/mol. The van der Waals surface area contributed by atoms with Crippen LogP contribution in [0, 0.1) is 0 Å². The van der Waals surface area contributed by atoms with E-state index in [1.807, 2.05) is 0 Å². The molecule has 0 N–H and O–H groups in total. The Bertz CT molecular complexity index is 378. The summed E-state index contributed by atoms with van der Waals surface area (Å²) in [6.07, 6.45) is -2.37. The van der Waals surface area contributed by atoms with Gasteiger partial charge in [0.05, 0.1) is 0 Å². The SMILES string of the molecule is CCCC(=O)c1snnc1C(=O)C(F)F. The van der Waals surface area contributed by atoms with Crippen molar-refractivity contribution in [3.63, 3.8) is 0 Å². The maximum absolute atomic E-state index is 12.1. The van der Waals surface area contributed by atoms with E-state index >= 15 is 0 Å². The Morgan fingerprint density at radius 3 is 2.67 bits per heavy atom. The number of carbonyl (C=O) groups excluding carboxylic acids is 2. The van der Waals surface area contributed by atoms with Gasteiger partial charge in [-0.2, -0.15) is 0 Å². The zero-order valence-corrected chi connectivity index (χ0v) is 8.68. The summed E-state index contributed by atoms with van der Waals surface area (Å²) in [4.78, 5) is 22.3. The molecule has 0 saturated heterocycles. The van der Waals surface area contributed by atoms with Crippen molar-refractivity contribution in [3.05, 3.63) is 10.6 Å². The summed E-state index contributed by atoms with van der Waals surface area (Å²) >= 11 is 0.679. The Kier molecular flexibility index (Phi) is 3.96. The van der Waals surface area contributed by atoms with Gasteiger partial charge in [-0.1, -0.05) is 11.4 Å². The molecule has 1 rings (SSSR count). The summed E-state index contributed by atoms with van der Waals surface area (Å²) in [7, 11) is 0. The molecule has 82 valence electrons. The molecular weight excluding hydrogens is 226 g/mol. The Balaban J connectivity index is 2.96. The van der Waals surface area contributed by atoms with Gasteiger partial charge < -0.3 is 0 Å². The second-order valence-corrected chi connectivity index (χ2v) is 3.54. The topological polar surface area (TPSA) is 59.9 Å². The molecule has 0 saturated carbocycles. The number of aromatic nitrogens is 2. The van der Waals surface area contributed by atoms with Gasteiger partial charge in [0.2, 0.25) is 0 Å². The maximum atomic E-state index is 12.1. The molecule has 0 radical (unpaired) electrons. The van der Waals surface area contributed by atoms with Crippen LogP contribution >= 0.6 is 11.5 Å². The number of ketones is 2. The molecule has 1 heterocycles. The van der Waals surface area contributed by atoms with E-state index in [0.717, 1.165) is 0 Å². The highest BCUT2D eigenvalue weighted by Crippen LogP contribution is 2.17. The summed E-state index contributed by atoms with van der Waals surface area (Å²) in [6, 6.07) is 0. The Morgan fingerprint density at radius 1 is 1.47 bits per heavy atom. The van der Waals surface area contributed by atoms with Crippen LogP contribution in [0.4, 0.5) is 8.78 Å². The van der Waals surface area contributed by atoms with Gasteiger partial charge in [-0.15, -0.1) is 5.10 Å². The molecule has 0 bridgehead atoms. The first-order chi connectivity index (χ1) is 7.07. The zero-order chi connectivity index (χ0) is 11.4. The molecule has 0 aliphatic heterocycles. The molecule has 0 atom stereocenters. The van der Waals surface area contributed by atoms with E-state index in [1.54, 1.807) is 6.92 Å². The highest BCUT2D eigenvalue weighted by molar-refractivity contribution is 7.08. The highest BCUT2D eigenvalue weighted by atomic mass is 32.1. The van der Waals surface area contributed by atoms with Gasteiger partial charge in [-0.25, -0.2) is 8.78 Å². The maximum Gasteiger partial charge on any atom is 0.302 e. The van der Waals surface area contributed by atoms with Crippen LogP contribution in [0.3, 0.4) is 0 Å². The van der Waals surface area contributed by atoms with Gasteiger partial charge >= 0.3 is 6.43 Å². The van der Waals surface area contributed by atoms with Gasteiger partial charge in [-0.3, -0.25) is 9.59 Å². The Hall–Kier alpha value is -1.24. The average molecular weight is 234 g/mol. The molecule has 0 spiro atoms. The van der Waals surface area contributed by atoms with E-state index < -0.39 is 17.9 Å². The smallest absolute Gasteiger partial charge is 0.293 e. The van der Waals surface area contributed by atoms with E-state index in [4.69, 9.17) is 0 Å². The quantitative estimate of drug-likeness (QED) is 0.731. The van der Waals surface area contributed by atoms with Gasteiger partial charge in [0.15, 0.2) is 11.5 Å². The van der Waals surface area contributed by atoms with Crippen molar-refractivity contribution in [1.82, 2.24) is 9.59 Å². The van der Waals surface area contributed by atoms with Gasteiger partial charge in [0.1, 0.15) is 4.88 Å². The predicted molar refractivity (Wildman–Crippen MR) is 49.5 cm³/mol. The highest BCUT2D eigenvalue weighted by Gasteiger charge is 2.27. The molecule has 1 aromatic heterocycles. The van der Waals surface area contributed by atoms with Crippen LogP contribution in [0.1, 0.15) is 39.9 Å². The second kappa shape index (κ2) is 5.01. The van der Waals surface area contributed by atoms with Crippen LogP contribution in [-0.4, -0.2) is 27.6 Å². The molecular formula is C8H8F2N2O2S. The van der Waals surface area contributed by atoms with Crippen molar-refractivity contribution in [3.8, 4) is 0 Å². The third-order valence-electron chi connectivity index (χ3n) is 1.65. The van der Waals surface area contributed by atoms with E-state index in [-0.39, 0.29) is 17.1 Å². The number of carbonyl (C=O) groups is 2. The number of hydrogen-bond donors (Lipinski definition) is 0. The van der Waals surface area contributed by atoms with Crippen LogP contribution in [-0.2, 0) is 0 Å². The van der Waals surface area contributed by atoms with Crippen LogP contribution in [0.2, 0.25) is 0 Å². The lowest BCUT2D eigenvalue weighted by atomic mass is 10.1. The van der Waals surface area contributed by atoms with Crippen LogP contribution < -0.4 is 0 Å². The number of hydrogen-bond acceptors (Lipinski definition) is 5. The number of nitrogens with zero attached hydrogens (tertiary/aromatic N) is 2. The van der Waals surface area contributed by atoms with Crippen LogP contribution in [0.5, 0.6) is 0 Å². The number of halogens is 2. The minimum atomic E-state index is -3.15. The molecule has 7 heteroatoms. The molecule has 0 amide bonds. The molecule has 4 nitrogen and oxygen atoms in total. The van der Waals surface area contributed by atoms with Crippen molar-refractivity contribution in [1.29, 1.82) is 0 Å². The average Bonchev–Trinajstić information content (AvgIpc) is 2.65. The first-order valence-corrected chi connectivity index (χ1v) is 5.03. The molecule has 0 aliphatic carbocycles. The fourth-order valence-corrected chi connectivity index (χ4v) is 1.61. The Labute approximate surface area is 88.5 Å². The second-order valence-electron chi connectivity index (χ2n) is 2.79. The number of Topliss-reactive ketones (excluding diaryl/α,β-unsaturated/α-hetero) is 2. The normalized spacial score (nSPS) is 10.7. The van der Waals surface area contributed by atoms with E-state index in [9.17, 15) is 18.4 Å². The van der Waals surface area contributed by atoms with E-state index in [1.165, 1.54) is 0 Å². The lowest BCUT2D eigenvalue weighted by Gasteiger charge is -1.97. The van der Waals surface area contributed by atoms with E-state index in [2.05, 4.69) is 9.59 Å². The summed E-state index contributed by atoms with van der Waals surface area (Å²) in [5.41, 5.74) is -0.506. The van der Waals surface area contributed by atoms with Gasteiger partial charge in [0, 0.05) is 6.42 Å². The predicted octanol–water partition coefficient (Wildman–Crippen LogP) is 1.97. The minimum absolute atomic E-state index is 0.0675. The van der Waals surface area contributed by atoms with Gasteiger partial charge in [0.25, 0.3) is 5.78 Å². The fraction of sp³-hybridized carbons (Fsp3) is 0.500. The van der Waals surface area contributed by atoms with Crippen molar-refractivity contribution < 1.29 is 18.4 Å². The van der Waals surface area contributed by atoms with Gasteiger partial charge in [-0.05, 0) is 18.0 Å².